The Bertz CT molecular complexity index is 675. The molecule has 108 valence electrons. The number of carboxylic acids is 1. The SMILES string of the molecule is Cc1ccc(CC(=O)Nc2ccc(C(=O)O)cc2C)cc1. The first-order valence-electron chi connectivity index (χ1n) is 6.65. The van der Waals surface area contributed by atoms with Gasteiger partial charge in [0.15, 0.2) is 0 Å². The highest BCUT2D eigenvalue weighted by atomic mass is 16.4. The van der Waals surface area contributed by atoms with Crippen molar-refractivity contribution >= 4 is 17.6 Å². The molecule has 0 unspecified atom stereocenters. The van der Waals surface area contributed by atoms with Gasteiger partial charge >= 0.3 is 5.97 Å². The van der Waals surface area contributed by atoms with E-state index in [4.69, 9.17) is 5.11 Å². The van der Waals surface area contributed by atoms with Gasteiger partial charge in [-0.2, -0.15) is 0 Å². The van der Waals surface area contributed by atoms with Gasteiger partial charge in [0, 0.05) is 5.69 Å². The van der Waals surface area contributed by atoms with Gasteiger partial charge < -0.3 is 10.4 Å². The van der Waals surface area contributed by atoms with Crippen LogP contribution in [0.5, 0.6) is 0 Å². The minimum absolute atomic E-state index is 0.120. The van der Waals surface area contributed by atoms with Crippen molar-refractivity contribution in [3.63, 3.8) is 0 Å². The molecule has 0 heterocycles. The first-order chi connectivity index (χ1) is 9.95. The Labute approximate surface area is 123 Å². The van der Waals surface area contributed by atoms with E-state index in [1.165, 1.54) is 6.07 Å². The molecule has 0 atom stereocenters. The second-order valence-electron chi connectivity index (χ2n) is 5.05. The maximum absolute atomic E-state index is 12.0. The topological polar surface area (TPSA) is 66.4 Å². The summed E-state index contributed by atoms with van der Waals surface area (Å²) >= 11 is 0. The van der Waals surface area contributed by atoms with Crippen molar-refractivity contribution in [2.45, 2.75) is 20.3 Å². The van der Waals surface area contributed by atoms with E-state index in [-0.39, 0.29) is 11.5 Å². The van der Waals surface area contributed by atoms with Gasteiger partial charge in [-0.3, -0.25) is 4.79 Å². The second-order valence-corrected chi connectivity index (χ2v) is 5.05. The van der Waals surface area contributed by atoms with Crippen molar-refractivity contribution in [3.8, 4) is 0 Å². The predicted molar refractivity (Wildman–Crippen MR) is 81.7 cm³/mol. The molecule has 0 bridgehead atoms. The summed E-state index contributed by atoms with van der Waals surface area (Å²) in [5.74, 6) is -1.10. The Morgan fingerprint density at radius 2 is 1.71 bits per heavy atom. The molecular weight excluding hydrogens is 266 g/mol. The van der Waals surface area contributed by atoms with Gasteiger partial charge in [-0.1, -0.05) is 29.8 Å². The van der Waals surface area contributed by atoms with Crippen LogP contribution in [-0.4, -0.2) is 17.0 Å². The van der Waals surface area contributed by atoms with Gasteiger partial charge in [-0.15, -0.1) is 0 Å². The van der Waals surface area contributed by atoms with Crippen LogP contribution in [0.3, 0.4) is 0 Å². The molecule has 2 rings (SSSR count). The van der Waals surface area contributed by atoms with Crippen molar-refractivity contribution in [1.29, 1.82) is 0 Å². The number of amides is 1. The molecule has 0 aliphatic rings. The molecule has 1 amide bonds. The highest BCUT2D eigenvalue weighted by molar-refractivity contribution is 5.94. The van der Waals surface area contributed by atoms with Gasteiger partial charge in [0.05, 0.1) is 12.0 Å². The largest absolute Gasteiger partial charge is 0.478 e. The molecule has 0 radical (unpaired) electrons. The normalized spacial score (nSPS) is 10.2. The molecule has 0 aliphatic heterocycles. The van der Waals surface area contributed by atoms with E-state index >= 15 is 0 Å². The third kappa shape index (κ3) is 3.92. The fraction of sp³-hybridized carbons (Fsp3) is 0.176. The number of aromatic carboxylic acids is 1. The molecule has 21 heavy (non-hydrogen) atoms. The number of nitrogens with one attached hydrogen (secondary N) is 1. The zero-order valence-corrected chi connectivity index (χ0v) is 12.0. The summed E-state index contributed by atoms with van der Waals surface area (Å²) in [6.45, 7) is 3.77. The van der Waals surface area contributed by atoms with Crippen LogP contribution in [0.1, 0.15) is 27.0 Å². The maximum atomic E-state index is 12.0. The number of rotatable bonds is 4. The number of hydrogen-bond acceptors (Lipinski definition) is 2. The van der Waals surface area contributed by atoms with E-state index in [0.717, 1.165) is 16.7 Å². The summed E-state index contributed by atoms with van der Waals surface area (Å²) in [6, 6.07) is 12.4. The van der Waals surface area contributed by atoms with Crippen LogP contribution in [0.4, 0.5) is 5.69 Å². The molecule has 0 saturated carbocycles. The molecular formula is C17H17NO3. The Morgan fingerprint density at radius 1 is 1.05 bits per heavy atom. The van der Waals surface area contributed by atoms with Gasteiger partial charge in [-0.05, 0) is 43.2 Å². The third-order valence-corrected chi connectivity index (χ3v) is 3.23. The average molecular weight is 283 g/mol. The molecule has 0 aliphatic carbocycles. The first-order valence-corrected chi connectivity index (χ1v) is 6.65. The van der Waals surface area contributed by atoms with Crippen LogP contribution in [-0.2, 0) is 11.2 Å². The minimum Gasteiger partial charge on any atom is -0.478 e. The second kappa shape index (κ2) is 6.22. The number of carbonyl (C=O) groups is 2. The lowest BCUT2D eigenvalue weighted by molar-refractivity contribution is -0.115. The predicted octanol–water partition coefficient (Wildman–Crippen LogP) is 3.18. The lowest BCUT2D eigenvalue weighted by atomic mass is 10.1. The zero-order chi connectivity index (χ0) is 15.4. The summed E-state index contributed by atoms with van der Waals surface area (Å²) in [5.41, 5.74) is 3.67. The van der Waals surface area contributed by atoms with Crippen molar-refractivity contribution in [1.82, 2.24) is 0 Å². The lowest BCUT2D eigenvalue weighted by Gasteiger charge is -2.09. The Morgan fingerprint density at radius 3 is 2.29 bits per heavy atom. The number of carboxylic acid groups (broad SMARTS) is 1. The van der Waals surface area contributed by atoms with Crippen molar-refractivity contribution in [2.24, 2.45) is 0 Å². The summed E-state index contributed by atoms with van der Waals surface area (Å²) in [4.78, 5) is 22.9. The molecule has 4 nitrogen and oxygen atoms in total. The highest BCUT2D eigenvalue weighted by Crippen LogP contribution is 2.17. The molecule has 2 aromatic carbocycles. The molecule has 0 spiro atoms. The van der Waals surface area contributed by atoms with Crippen LogP contribution in [0.2, 0.25) is 0 Å². The van der Waals surface area contributed by atoms with E-state index in [1.54, 1.807) is 19.1 Å². The van der Waals surface area contributed by atoms with Gasteiger partial charge in [-0.25, -0.2) is 4.79 Å². The zero-order valence-electron chi connectivity index (χ0n) is 12.0. The quantitative estimate of drug-likeness (QED) is 0.905. The molecule has 2 aromatic rings. The standard InChI is InChI=1S/C17H17NO3/c1-11-3-5-13(6-4-11)10-16(19)18-15-8-7-14(17(20)21)9-12(15)2/h3-9H,10H2,1-2H3,(H,18,19)(H,20,21). The van der Waals surface area contributed by atoms with Crippen LogP contribution < -0.4 is 5.32 Å². The number of carbonyl (C=O) groups excluding carboxylic acids is 1. The Hall–Kier alpha value is -2.62. The van der Waals surface area contributed by atoms with Crippen molar-refractivity contribution in [2.75, 3.05) is 5.32 Å². The molecule has 0 saturated heterocycles. The molecule has 4 heteroatoms. The van der Waals surface area contributed by atoms with Crippen molar-refractivity contribution in [3.05, 3.63) is 64.7 Å². The Balaban J connectivity index is 2.06. The van der Waals surface area contributed by atoms with Gasteiger partial charge in [0.25, 0.3) is 0 Å². The Kier molecular flexibility index (Phi) is 4.38. The first kappa shape index (κ1) is 14.8. The van der Waals surface area contributed by atoms with E-state index in [1.807, 2.05) is 31.2 Å². The fourth-order valence-corrected chi connectivity index (χ4v) is 2.02. The van der Waals surface area contributed by atoms with Crippen LogP contribution in [0.25, 0.3) is 0 Å². The number of aryl methyl sites for hydroxylation is 2. The highest BCUT2D eigenvalue weighted by Gasteiger charge is 2.09. The molecule has 0 fully saturated rings. The average Bonchev–Trinajstić information content (AvgIpc) is 2.43. The smallest absolute Gasteiger partial charge is 0.335 e. The van der Waals surface area contributed by atoms with Crippen LogP contribution in [0.15, 0.2) is 42.5 Å². The van der Waals surface area contributed by atoms with Gasteiger partial charge in [0.1, 0.15) is 0 Å². The lowest BCUT2D eigenvalue weighted by Crippen LogP contribution is -2.15. The van der Waals surface area contributed by atoms with E-state index < -0.39 is 5.97 Å². The molecule has 0 aromatic heterocycles. The summed E-state index contributed by atoms with van der Waals surface area (Å²) in [5, 5.41) is 11.7. The fourth-order valence-electron chi connectivity index (χ4n) is 2.02. The van der Waals surface area contributed by atoms with Crippen LogP contribution in [0, 0.1) is 13.8 Å². The van der Waals surface area contributed by atoms with E-state index in [2.05, 4.69) is 5.32 Å². The summed E-state index contributed by atoms with van der Waals surface area (Å²) in [6.07, 6.45) is 0.292. The third-order valence-electron chi connectivity index (χ3n) is 3.23. The maximum Gasteiger partial charge on any atom is 0.335 e. The van der Waals surface area contributed by atoms with Crippen LogP contribution >= 0.6 is 0 Å². The summed E-state index contributed by atoms with van der Waals surface area (Å²) < 4.78 is 0. The minimum atomic E-state index is -0.976. The summed E-state index contributed by atoms with van der Waals surface area (Å²) in [7, 11) is 0. The number of anilines is 1. The van der Waals surface area contributed by atoms with E-state index in [9.17, 15) is 9.59 Å². The number of benzene rings is 2. The van der Waals surface area contributed by atoms with Gasteiger partial charge in [0.2, 0.25) is 5.91 Å². The van der Waals surface area contributed by atoms with Crippen molar-refractivity contribution < 1.29 is 14.7 Å². The monoisotopic (exact) mass is 283 g/mol. The number of hydrogen-bond donors (Lipinski definition) is 2. The molecule has 2 N–H and O–H groups in total. The van der Waals surface area contributed by atoms with E-state index in [0.29, 0.717) is 12.1 Å².